The molecule has 0 spiro atoms. The third kappa shape index (κ3) is 3.26. The van der Waals surface area contributed by atoms with Crippen molar-refractivity contribution >= 4 is 11.7 Å². The lowest BCUT2D eigenvalue weighted by atomic mass is 9.93. The molecule has 0 aromatic carbocycles. The average molecular weight is 267 g/mol. The predicted octanol–water partition coefficient (Wildman–Crippen LogP) is 1.97. The van der Waals surface area contributed by atoms with E-state index in [1.54, 1.807) is 6.92 Å². The lowest BCUT2D eigenvalue weighted by molar-refractivity contribution is 0.0955. The van der Waals surface area contributed by atoms with Gasteiger partial charge in [-0.25, -0.2) is 4.79 Å². The summed E-state index contributed by atoms with van der Waals surface area (Å²) >= 11 is 0. The summed E-state index contributed by atoms with van der Waals surface area (Å²) in [5, 5.41) is 19.2. The van der Waals surface area contributed by atoms with Crippen LogP contribution in [0.25, 0.3) is 0 Å². The highest BCUT2D eigenvalue weighted by Crippen LogP contribution is 2.21. The fourth-order valence-electron chi connectivity index (χ4n) is 2.42. The van der Waals surface area contributed by atoms with Gasteiger partial charge >= 0.3 is 6.03 Å². The summed E-state index contributed by atoms with van der Waals surface area (Å²) in [5.74, 6) is 0.664. The molecule has 19 heavy (non-hydrogen) atoms. The van der Waals surface area contributed by atoms with Crippen LogP contribution in [0.5, 0.6) is 0 Å². The maximum Gasteiger partial charge on any atom is 0.319 e. The summed E-state index contributed by atoms with van der Waals surface area (Å²) in [6.07, 6.45) is 3.84. The molecule has 3 N–H and O–H groups in total. The van der Waals surface area contributed by atoms with Gasteiger partial charge in [-0.15, -0.1) is 0 Å². The summed E-state index contributed by atoms with van der Waals surface area (Å²) in [4.78, 5) is 11.9. The molecule has 2 rings (SSSR count). The van der Waals surface area contributed by atoms with Crippen LogP contribution in [-0.4, -0.2) is 28.4 Å². The third-order valence-electron chi connectivity index (χ3n) is 3.54. The van der Waals surface area contributed by atoms with Crippen molar-refractivity contribution in [1.29, 1.82) is 0 Å². The molecule has 1 aliphatic rings. The molecule has 0 saturated heterocycles. The second-order valence-corrected chi connectivity index (χ2v) is 4.98. The molecule has 1 saturated carbocycles. The monoisotopic (exact) mass is 267 g/mol. The van der Waals surface area contributed by atoms with E-state index in [0.717, 1.165) is 25.7 Å². The van der Waals surface area contributed by atoms with Crippen molar-refractivity contribution in [3.05, 3.63) is 11.5 Å². The van der Waals surface area contributed by atoms with E-state index in [1.165, 1.54) is 0 Å². The predicted molar refractivity (Wildman–Crippen MR) is 71.0 cm³/mol. The standard InChI is InChI=1S/C13H21N3O3/c1-3-11-12(8(2)16-19-11)15-13(18)14-9-6-4-5-7-10(9)17/h9-10,17H,3-7H2,1-2H3,(H2,14,15,18). The Labute approximate surface area is 112 Å². The molecule has 1 aromatic rings. The zero-order valence-corrected chi connectivity index (χ0v) is 11.4. The Bertz CT molecular complexity index is 444. The number of carbonyl (C=O) groups excluding carboxylic acids is 1. The first-order valence-corrected chi connectivity index (χ1v) is 6.82. The van der Waals surface area contributed by atoms with E-state index in [4.69, 9.17) is 4.52 Å². The van der Waals surface area contributed by atoms with Crippen molar-refractivity contribution in [2.75, 3.05) is 5.32 Å². The van der Waals surface area contributed by atoms with Gasteiger partial charge in [0.05, 0.1) is 12.1 Å². The number of hydrogen-bond donors (Lipinski definition) is 3. The minimum Gasteiger partial charge on any atom is -0.391 e. The van der Waals surface area contributed by atoms with Crippen LogP contribution < -0.4 is 10.6 Å². The van der Waals surface area contributed by atoms with Crippen LogP contribution in [0.1, 0.15) is 44.1 Å². The zero-order chi connectivity index (χ0) is 13.8. The third-order valence-corrected chi connectivity index (χ3v) is 3.54. The molecule has 6 heteroatoms. The average Bonchev–Trinajstić information content (AvgIpc) is 2.73. The number of amides is 2. The number of hydrogen-bond acceptors (Lipinski definition) is 4. The Kier molecular flexibility index (Phi) is 4.42. The molecule has 2 amide bonds. The summed E-state index contributed by atoms with van der Waals surface area (Å²) in [6, 6.07) is -0.481. The highest BCUT2D eigenvalue weighted by Gasteiger charge is 2.25. The zero-order valence-electron chi connectivity index (χ0n) is 11.4. The van der Waals surface area contributed by atoms with Gasteiger partial charge in [0.15, 0.2) is 5.76 Å². The molecule has 1 fully saturated rings. The molecule has 2 unspecified atom stereocenters. The number of aliphatic hydroxyl groups is 1. The maximum absolute atomic E-state index is 11.9. The molecule has 0 radical (unpaired) electrons. The van der Waals surface area contributed by atoms with Gasteiger partial charge < -0.3 is 20.3 Å². The number of nitrogens with one attached hydrogen (secondary N) is 2. The van der Waals surface area contributed by atoms with Crippen LogP contribution in [0.2, 0.25) is 0 Å². The highest BCUT2D eigenvalue weighted by molar-refractivity contribution is 5.90. The quantitative estimate of drug-likeness (QED) is 0.781. The SMILES string of the molecule is CCc1onc(C)c1NC(=O)NC1CCCCC1O. The first-order chi connectivity index (χ1) is 9.11. The van der Waals surface area contributed by atoms with Crippen molar-refractivity contribution in [3.8, 4) is 0 Å². The Morgan fingerprint density at radius 3 is 2.89 bits per heavy atom. The van der Waals surface area contributed by atoms with Gasteiger partial charge in [0.1, 0.15) is 11.4 Å². The van der Waals surface area contributed by atoms with Crippen molar-refractivity contribution in [2.24, 2.45) is 0 Å². The molecule has 1 aromatic heterocycles. The number of urea groups is 1. The van der Waals surface area contributed by atoms with Gasteiger partial charge in [-0.2, -0.15) is 0 Å². The van der Waals surface area contributed by atoms with E-state index < -0.39 is 6.10 Å². The molecule has 106 valence electrons. The van der Waals surface area contributed by atoms with Crippen LogP contribution in [0, 0.1) is 6.92 Å². The van der Waals surface area contributed by atoms with Gasteiger partial charge in [-0.3, -0.25) is 0 Å². The number of anilines is 1. The molecular weight excluding hydrogens is 246 g/mol. The number of rotatable bonds is 3. The van der Waals surface area contributed by atoms with Crippen LogP contribution in [-0.2, 0) is 6.42 Å². The van der Waals surface area contributed by atoms with Gasteiger partial charge in [-0.05, 0) is 19.8 Å². The van der Waals surface area contributed by atoms with Gasteiger partial charge in [0.2, 0.25) is 0 Å². The van der Waals surface area contributed by atoms with Crippen LogP contribution >= 0.6 is 0 Å². The van der Waals surface area contributed by atoms with E-state index in [9.17, 15) is 9.90 Å². The van der Waals surface area contributed by atoms with Crippen LogP contribution in [0.15, 0.2) is 4.52 Å². The van der Waals surface area contributed by atoms with E-state index in [1.807, 2.05) is 6.92 Å². The Morgan fingerprint density at radius 1 is 1.47 bits per heavy atom. The number of carbonyl (C=O) groups is 1. The smallest absolute Gasteiger partial charge is 0.319 e. The molecular formula is C13H21N3O3. The fourth-order valence-corrected chi connectivity index (χ4v) is 2.42. The number of aliphatic hydroxyl groups excluding tert-OH is 1. The first-order valence-electron chi connectivity index (χ1n) is 6.82. The summed E-state index contributed by atoms with van der Waals surface area (Å²) in [7, 11) is 0. The summed E-state index contributed by atoms with van der Waals surface area (Å²) in [5.41, 5.74) is 1.29. The van der Waals surface area contributed by atoms with Crippen LogP contribution in [0.4, 0.5) is 10.5 Å². The van der Waals surface area contributed by atoms with Crippen molar-refractivity contribution in [3.63, 3.8) is 0 Å². The fraction of sp³-hybridized carbons (Fsp3) is 0.692. The first kappa shape index (κ1) is 13.9. The second-order valence-electron chi connectivity index (χ2n) is 4.98. The number of aryl methyl sites for hydroxylation is 2. The maximum atomic E-state index is 11.9. The number of nitrogens with zero attached hydrogens (tertiary/aromatic N) is 1. The highest BCUT2D eigenvalue weighted by atomic mass is 16.5. The van der Waals surface area contributed by atoms with E-state index in [0.29, 0.717) is 23.6 Å². The lowest BCUT2D eigenvalue weighted by Crippen LogP contribution is -2.46. The van der Waals surface area contributed by atoms with Crippen molar-refractivity contribution in [2.45, 2.75) is 58.1 Å². The Hall–Kier alpha value is -1.56. The molecule has 1 heterocycles. The lowest BCUT2D eigenvalue weighted by Gasteiger charge is -2.28. The summed E-state index contributed by atoms with van der Waals surface area (Å²) in [6.45, 7) is 3.72. The van der Waals surface area contributed by atoms with E-state index in [2.05, 4.69) is 15.8 Å². The molecule has 6 nitrogen and oxygen atoms in total. The van der Waals surface area contributed by atoms with Crippen molar-refractivity contribution < 1.29 is 14.4 Å². The molecule has 1 aliphatic carbocycles. The topological polar surface area (TPSA) is 87.4 Å². The second kappa shape index (κ2) is 6.06. The number of aromatic nitrogens is 1. The van der Waals surface area contributed by atoms with Crippen LogP contribution in [0.3, 0.4) is 0 Å². The summed E-state index contributed by atoms with van der Waals surface area (Å²) < 4.78 is 5.11. The molecule has 0 aliphatic heterocycles. The van der Waals surface area contributed by atoms with Gasteiger partial charge in [0.25, 0.3) is 0 Å². The normalized spacial score (nSPS) is 23.1. The Balaban J connectivity index is 1.95. The van der Waals surface area contributed by atoms with E-state index in [-0.39, 0.29) is 12.1 Å². The largest absolute Gasteiger partial charge is 0.391 e. The Morgan fingerprint density at radius 2 is 2.21 bits per heavy atom. The van der Waals surface area contributed by atoms with Gasteiger partial charge in [0, 0.05) is 6.42 Å². The van der Waals surface area contributed by atoms with Crippen molar-refractivity contribution in [1.82, 2.24) is 10.5 Å². The minimum atomic E-state index is -0.450. The van der Waals surface area contributed by atoms with E-state index >= 15 is 0 Å². The van der Waals surface area contributed by atoms with Gasteiger partial charge in [-0.1, -0.05) is 24.9 Å². The minimum absolute atomic E-state index is 0.168. The molecule has 2 atom stereocenters. The molecule has 0 bridgehead atoms.